The van der Waals surface area contributed by atoms with Crippen molar-refractivity contribution >= 4 is 11.6 Å². The van der Waals surface area contributed by atoms with Crippen LogP contribution in [0.4, 0.5) is 5.69 Å². The summed E-state index contributed by atoms with van der Waals surface area (Å²) in [6.07, 6.45) is 1.64. The molecule has 0 aliphatic heterocycles. The summed E-state index contributed by atoms with van der Waals surface area (Å²) >= 11 is 0. The zero-order chi connectivity index (χ0) is 17.4. The van der Waals surface area contributed by atoms with Gasteiger partial charge in [0, 0.05) is 12.2 Å². The smallest absolute Gasteiger partial charge is 0.245 e. The average molecular weight is 330 g/mol. The van der Waals surface area contributed by atoms with Crippen LogP contribution in [0.25, 0.3) is 0 Å². The Morgan fingerprint density at radius 1 is 1.29 bits per heavy atom. The molecule has 24 heavy (non-hydrogen) atoms. The van der Waals surface area contributed by atoms with E-state index in [2.05, 4.69) is 46.7 Å². The van der Waals surface area contributed by atoms with E-state index in [9.17, 15) is 4.79 Å². The number of amides is 1. The van der Waals surface area contributed by atoms with Crippen LogP contribution in [0.1, 0.15) is 39.4 Å². The van der Waals surface area contributed by atoms with Gasteiger partial charge in [-0.15, -0.1) is 10.2 Å². The molecule has 2 aromatic rings. The lowest BCUT2D eigenvalue weighted by Gasteiger charge is -2.28. The normalized spacial score (nSPS) is 12.2. The number of aromatic amines is 1. The minimum Gasteiger partial charge on any atom is -0.374 e. The maximum Gasteiger partial charge on any atom is 0.245 e. The summed E-state index contributed by atoms with van der Waals surface area (Å²) < 4.78 is 0. The molecule has 2 rings (SSSR count). The highest BCUT2D eigenvalue weighted by molar-refractivity contribution is 5.84. The fourth-order valence-electron chi connectivity index (χ4n) is 2.61. The van der Waals surface area contributed by atoms with Crippen molar-refractivity contribution in [2.24, 2.45) is 5.92 Å². The van der Waals surface area contributed by atoms with Crippen molar-refractivity contribution in [1.29, 1.82) is 0 Å². The topological polar surface area (TPSA) is 86.8 Å². The largest absolute Gasteiger partial charge is 0.374 e. The second-order valence-electron chi connectivity index (χ2n) is 6.28. The van der Waals surface area contributed by atoms with Crippen LogP contribution >= 0.6 is 0 Å². The van der Waals surface area contributed by atoms with Gasteiger partial charge in [-0.05, 0) is 30.9 Å². The zero-order valence-electron chi connectivity index (χ0n) is 14.6. The van der Waals surface area contributed by atoms with Crippen LogP contribution in [-0.2, 0) is 11.3 Å². The van der Waals surface area contributed by atoms with Gasteiger partial charge in [-0.25, -0.2) is 0 Å². The molecule has 0 saturated carbocycles. The number of anilines is 1. The first kappa shape index (κ1) is 17.9. The number of aromatic nitrogens is 4. The van der Waals surface area contributed by atoms with Crippen LogP contribution in [0.5, 0.6) is 0 Å². The van der Waals surface area contributed by atoms with E-state index in [4.69, 9.17) is 0 Å². The first-order valence-corrected chi connectivity index (χ1v) is 8.42. The Morgan fingerprint density at radius 2 is 2.04 bits per heavy atom. The number of tetrazole rings is 1. The zero-order valence-corrected chi connectivity index (χ0v) is 14.6. The Hall–Kier alpha value is -2.44. The van der Waals surface area contributed by atoms with Crippen LogP contribution in [-0.4, -0.2) is 44.0 Å². The van der Waals surface area contributed by atoms with Crippen molar-refractivity contribution in [2.45, 2.75) is 46.2 Å². The van der Waals surface area contributed by atoms with Gasteiger partial charge in [0.1, 0.15) is 6.04 Å². The third-order valence-electron chi connectivity index (χ3n) is 3.65. The maximum absolute atomic E-state index is 13.1. The number of nitrogens with zero attached hydrogens (tertiary/aromatic N) is 4. The second-order valence-corrected chi connectivity index (χ2v) is 6.28. The molecule has 0 aliphatic rings. The van der Waals surface area contributed by atoms with E-state index < -0.39 is 0 Å². The Balaban J connectivity index is 2.13. The quantitative estimate of drug-likeness (QED) is 0.737. The van der Waals surface area contributed by atoms with Crippen LogP contribution in [0.3, 0.4) is 0 Å². The van der Waals surface area contributed by atoms with Gasteiger partial charge in [-0.1, -0.05) is 44.2 Å². The molecule has 0 aliphatic carbocycles. The number of para-hydroxylation sites is 1. The first-order chi connectivity index (χ1) is 11.6. The molecule has 7 nitrogen and oxygen atoms in total. The van der Waals surface area contributed by atoms with Crippen LogP contribution in [0.2, 0.25) is 0 Å². The summed E-state index contributed by atoms with van der Waals surface area (Å²) in [6, 6.07) is 9.56. The lowest BCUT2D eigenvalue weighted by Crippen LogP contribution is -2.43. The van der Waals surface area contributed by atoms with Gasteiger partial charge in [-0.2, -0.15) is 5.21 Å². The van der Waals surface area contributed by atoms with Gasteiger partial charge in [0.05, 0.1) is 6.54 Å². The molecule has 0 bridgehead atoms. The number of hydrogen-bond donors (Lipinski definition) is 2. The fraction of sp³-hybridized carbons (Fsp3) is 0.529. The minimum absolute atomic E-state index is 0.0687. The van der Waals surface area contributed by atoms with Crippen molar-refractivity contribution in [3.63, 3.8) is 0 Å². The fourth-order valence-corrected chi connectivity index (χ4v) is 2.61. The van der Waals surface area contributed by atoms with E-state index >= 15 is 0 Å². The van der Waals surface area contributed by atoms with Gasteiger partial charge in [-0.3, -0.25) is 4.79 Å². The van der Waals surface area contributed by atoms with E-state index in [0.717, 1.165) is 18.5 Å². The molecule has 0 saturated heterocycles. The molecule has 7 heteroatoms. The first-order valence-electron chi connectivity index (χ1n) is 8.42. The van der Waals surface area contributed by atoms with Crippen molar-refractivity contribution < 1.29 is 4.79 Å². The summed E-state index contributed by atoms with van der Waals surface area (Å²) in [7, 11) is 0. The molecule has 1 aromatic carbocycles. The summed E-state index contributed by atoms with van der Waals surface area (Å²) in [5.74, 6) is 1.00. The van der Waals surface area contributed by atoms with Crippen molar-refractivity contribution in [3.8, 4) is 0 Å². The van der Waals surface area contributed by atoms with E-state index in [1.807, 2.05) is 30.3 Å². The van der Waals surface area contributed by atoms with Crippen molar-refractivity contribution in [3.05, 3.63) is 36.2 Å². The minimum atomic E-state index is -0.272. The van der Waals surface area contributed by atoms with Gasteiger partial charge >= 0.3 is 0 Å². The summed E-state index contributed by atoms with van der Waals surface area (Å²) in [5, 5.41) is 17.3. The van der Waals surface area contributed by atoms with Gasteiger partial charge in [0.25, 0.3) is 0 Å². The Morgan fingerprint density at radius 3 is 2.62 bits per heavy atom. The molecular weight excluding hydrogens is 304 g/mol. The lowest BCUT2D eigenvalue weighted by molar-refractivity contribution is -0.133. The number of nitrogens with one attached hydrogen (secondary N) is 2. The second kappa shape index (κ2) is 9.00. The lowest BCUT2D eigenvalue weighted by atomic mass is 10.0. The molecule has 130 valence electrons. The number of rotatable bonds is 9. The van der Waals surface area contributed by atoms with Crippen molar-refractivity contribution in [2.75, 3.05) is 11.9 Å². The van der Waals surface area contributed by atoms with E-state index in [1.54, 1.807) is 4.90 Å². The molecule has 1 amide bonds. The average Bonchev–Trinajstić information content (AvgIpc) is 3.07. The maximum atomic E-state index is 13.1. The van der Waals surface area contributed by atoms with Crippen LogP contribution in [0.15, 0.2) is 30.3 Å². The highest BCUT2D eigenvalue weighted by Crippen LogP contribution is 2.16. The van der Waals surface area contributed by atoms with Gasteiger partial charge < -0.3 is 10.2 Å². The molecule has 0 fully saturated rings. The van der Waals surface area contributed by atoms with E-state index in [-0.39, 0.29) is 11.9 Å². The van der Waals surface area contributed by atoms with Crippen LogP contribution in [0, 0.1) is 5.92 Å². The van der Waals surface area contributed by atoms with Crippen LogP contribution < -0.4 is 5.32 Å². The monoisotopic (exact) mass is 330 g/mol. The van der Waals surface area contributed by atoms with Gasteiger partial charge in [0.15, 0.2) is 5.82 Å². The standard InChI is InChI=1S/C17H26N6O/c1-4-10-23(12-16-19-21-22-20-16)17(24)15(11-13(2)3)18-14-8-6-5-7-9-14/h5-9,13,15,18H,4,10-12H2,1-3H3,(H,19,20,21,22). The molecule has 1 atom stereocenters. The molecule has 2 N–H and O–H groups in total. The Bertz CT molecular complexity index is 599. The highest BCUT2D eigenvalue weighted by Gasteiger charge is 2.25. The predicted molar refractivity (Wildman–Crippen MR) is 93.2 cm³/mol. The highest BCUT2D eigenvalue weighted by atomic mass is 16.2. The Labute approximate surface area is 142 Å². The molecule has 1 aromatic heterocycles. The summed E-state index contributed by atoms with van der Waals surface area (Å²) in [6.45, 7) is 7.33. The van der Waals surface area contributed by atoms with Gasteiger partial charge in [0.2, 0.25) is 5.91 Å². The number of H-pyrrole nitrogens is 1. The Kier molecular flexibility index (Phi) is 6.72. The molecule has 0 spiro atoms. The number of carbonyl (C=O) groups is 1. The number of hydrogen-bond acceptors (Lipinski definition) is 5. The third kappa shape index (κ3) is 5.33. The van der Waals surface area contributed by atoms with E-state index in [1.165, 1.54) is 0 Å². The molecule has 1 unspecified atom stereocenters. The number of carbonyl (C=O) groups excluding carboxylic acids is 1. The number of benzene rings is 1. The molecule has 1 heterocycles. The summed E-state index contributed by atoms with van der Waals surface area (Å²) in [5.41, 5.74) is 0.951. The molecule has 0 radical (unpaired) electrons. The van der Waals surface area contributed by atoms with E-state index in [0.29, 0.717) is 24.8 Å². The summed E-state index contributed by atoms with van der Waals surface area (Å²) in [4.78, 5) is 14.9. The predicted octanol–water partition coefficient (Wildman–Crippen LogP) is 2.47. The SMILES string of the molecule is CCCN(Cc1nn[nH]n1)C(=O)C(CC(C)C)Nc1ccccc1. The van der Waals surface area contributed by atoms with Crippen molar-refractivity contribution in [1.82, 2.24) is 25.5 Å². The molecular formula is C17H26N6O. The third-order valence-corrected chi connectivity index (χ3v) is 3.65.